The molecule has 1 aliphatic carbocycles. The zero-order chi connectivity index (χ0) is 37.7. The number of para-hydroxylation sites is 1. The fraction of sp³-hybridized carbons (Fsp3) is 0.111. The molecule has 0 aromatic heterocycles. The Hall–Kier alpha value is -6.58. The van der Waals surface area contributed by atoms with Gasteiger partial charge in [-0.25, -0.2) is 0 Å². The second-order valence-corrected chi connectivity index (χ2v) is 15.9. The molecule has 0 N–H and O–H groups in total. The minimum Gasteiger partial charge on any atom is -0.311 e. The number of nitrogens with zero attached hydrogens (tertiary/aromatic N) is 2. The summed E-state index contributed by atoms with van der Waals surface area (Å²) >= 11 is 0. The number of rotatable bonds is 6. The summed E-state index contributed by atoms with van der Waals surface area (Å²) in [4.78, 5) is 5.14. The molecule has 11 rings (SSSR count). The fourth-order valence-corrected chi connectivity index (χ4v) is 9.89. The van der Waals surface area contributed by atoms with Crippen molar-refractivity contribution in [3.63, 3.8) is 0 Å². The Morgan fingerprint density at radius 1 is 0.351 bits per heavy atom. The second-order valence-electron chi connectivity index (χ2n) is 15.9. The molecule has 272 valence electrons. The first kappa shape index (κ1) is 33.7. The Bertz CT molecular complexity index is 2710. The lowest BCUT2D eigenvalue weighted by molar-refractivity contribution is 0.444. The van der Waals surface area contributed by atoms with Gasteiger partial charge in [-0.05, 0) is 123 Å². The molecule has 0 atom stereocenters. The second kappa shape index (κ2) is 14.2. The highest BCUT2D eigenvalue weighted by Gasteiger charge is 2.44. The normalized spacial score (nSPS) is 14.5. The van der Waals surface area contributed by atoms with E-state index in [4.69, 9.17) is 0 Å². The molecular weight excluding hydrogens is 687 g/mol. The summed E-state index contributed by atoms with van der Waals surface area (Å²) < 4.78 is 0. The SMILES string of the molecule is c1ccc(-c2ccc(N3c4ccc(-c5ccccc5)cc4B4c5cc(-c6ccccc6)ccc5N(c5ccccc5)c5cc(C6CCCCC6)cc3c54)cc2)cc1. The van der Waals surface area contributed by atoms with E-state index in [0.717, 1.165) is 0 Å². The first-order valence-corrected chi connectivity index (χ1v) is 20.7. The van der Waals surface area contributed by atoms with Crippen LogP contribution in [0.2, 0.25) is 0 Å². The molecule has 0 spiro atoms. The van der Waals surface area contributed by atoms with Gasteiger partial charge in [-0.3, -0.25) is 0 Å². The molecule has 2 nitrogen and oxygen atoms in total. The molecular formula is C54H43BN2. The van der Waals surface area contributed by atoms with Crippen molar-refractivity contribution in [3.8, 4) is 33.4 Å². The third-order valence-corrected chi connectivity index (χ3v) is 12.6. The average molecular weight is 731 g/mol. The zero-order valence-electron chi connectivity index (χ0n) is 32.1. The molecule has 0 bridgehead atoms. The molecule has 3 aliphatic rings. The van der Waals surface area contributed by atoms with Crippen LogP contribution in [0.15, 0.2) is 194 Å². The highest BCUT2D eigenvalue weighted by molar-refractivity contribution is 7.00. The number of fused-ring (bicyclic) bond motifs is 4. The Morgan fingerprint density at radius 3 is 1.25 bits per heavy atom. The number of hydrogen-bond donors (Lipinski definition) is 0. The van der Waals surface area contributed by atoms with Crippen LogP contribution in [0.3, 0.4) is 0 Å². The monoisotopic (exact) mass is 730 g/mol. The van der Waals surface area contributed by atoms with Gasteiger partial charge >= 0.3 is 0 Å². The lowest BCUT2D eigenvalue weighted by Gasteiger charge is -2.45. The van der Waals surface area contributed by atoms with Crippen molar-refractivity contribution >= 4 is 57.2 Å². The molecule has 0 radical (unpaired) electrons. The molecule has 2 aliphatic heterocycles. The van der Waals surface area contributed by atoms with Crippen molar-refractivity contribution in [1.82, 2.24) is 0 Å². The van der Waals surface area contributed by atoms with Gasteiger partial charge in [-0.2, -0.15) is 0 Å². The van der Waals surface area contributed by atoms with Gasteiger partial charge in [-0.1, -0.05) is 165 Å². The van der Waals surface area contributed by atoms with E-state index in [1.165, 1.54) is 122 Å². The summed E-state index contributed by atoms with van der Waals surface area (Å²) in [6.45, 7) is 0.0348. The van der Waals surface area contributed by atoms with Gasteiger partial charge in [0.15, 0.2) is 0 Å². The molecule has 1 saturated carbocycles. The summed E-state index contributed by atoms with van der Waals surface area (Å²) in [7, 11) is 0. The van der Waals surface area contributed by atoms with E-state index in [1.807, 2.05) is 0 Å². The van der Waals surface area contributed by atoms with Crippen LogP contribution in [-0.4, -0.2) is 6.71 Å². The Morgan fingerprint density at radius 2 is 0.754 bits per heavy atom. The number of anilines is 6. The van der Waals surface area contributed by atoms with Gasteiger partial charge in [0.1, 0.15) is 0 Å². The largest absolute Gasteiger partial charge is 0.311 e. The molecule has 0 unspecified atom stereocenters. The minimum atomic E-state index is 0.0348. The van der Waals surface area contributed by atoms with Crippen LogP contribution in [0.4, 0.5) is 34.1 Å². The summed E-state index contributed by atoms with van der Waals surface area (Å²) in [6, 6.07) is 72.3. The van der Waals surface area contributed by atoms with E-state index < -0.39 is 0 Å². The van der Waals surface area contributed by atoms with E-state index in [-0.39, 0.29) is 6.71 Å². The van der Waals surface area contributed by atoms with Crippen LogP contribution in [-0.2, 0) is 0 Å². The predicted octanol–water partition coefficient (Wildman–Crippen LogP) is 12.8. The van der Waals surface area contributed by atoms with Crippen molar-refractivity contribution in [2.45, 2.75) is 38.0 Å². The lowest BCUT2D eigenvalue weighted by Crippen LogP contribution is -2.61. The van der Waals surface area contributed by atoms with Crippen molar-refractivity contribution in [2.24, 2.45) is 0 Å². The molecule has 0 amide bonds. The third kappa shape index (κ3) is 5.89. The molecule has 0 saturated heterocycles. The Labute approximate surface area is 336 Å². The molecule has 2 heterocycles. The van der Waals surface area contributed by atoms with E-state index in [9.17, 15) is 0 Å². The first-order chi connectivity index (χ1) is 28.3. The van der Waals surface area contributed by atoms with E-state index in [0.29, 0.717) is 5.92 Å². The van der Waals surface area contributed by atoms with Crippen LogP contribution >= 0.6 is 0 Å². The highest BCUT2D eigenvalue weighted by Crippen LogP contribution is 2.47. The van der Waals surface area contributed by atoms with Crippen molar-refractivity contribution < 1.29 is 0 Å². The maximum absolute atomic E-state index is 2.58. The number of benzene rings is 8. The van der Waals surface area contributed by atoms with Gasteiger partial charge in [0.2, 0.25) is 0 Å². The van der Waals surface area contributed by atoms with E-state index in [1.54, 1.807) is 0 Å². The van der Waals surface area contributed by atoms with Crippen LogP contribution < -0.4 is 26.2 Å². The number of hydrogen-bond acceptors (Lipinski definition) is 2. The highest BCUT2D eigenvalue weighted by atomic mass is 15.2. The smallest absolute Gasteiger partial charge is 0.252 e. The molecule has 1 fully saturated rings. The Balaban J connectivity index is 1.21. The quantitative estimate of drug-likeness (QED) is 0.157. The molecule has 3 heteroatoms. The van der Waals surface area contributed by atoms with E-state index >= 15 is 0 Å². The topological polar surface area (TPSA) is 6.48 Å². The van der Waals surface area contributed by atoms with Gasteiger partial charge in [0, 0.05) is 34.1 Å². The van der Waals surface area contributed by atoms with Crippen LogP contribution in [0.5, 0.6) is 0 Å². The fourth-order valence-electron chi connectivity index (χ4n) is 9.89. The van der Waals surface area contributed by atoms with Gasteiger partial charge in [-0.15, -0.1) is 0 Å². The molecule has 57 heavy (non-hydrogen) atoms. The third-order valence-electron chi connectivity index (χ3n) is 12.6. The van der Waals surface area contributed by atoms with E-state index in [2.05, 4.69) is 204 Å². The zero-order valence-corrected chi connectivity index (χ0v) is 32.1. The van der Waals surface area contributed by atoms with Gasteiger partial charge in [0.05, 0.1) is 0 Å². The maximum atomic E-state index is 2.58. The van der Waals surface area contributed by atoms with Crippen LogP contribution in [0.25, 0.3) is 33.4 Å². The summed E-state index contributed by atoms with van der Waals surface area (Å²) in [5, 5.41) is 0. The standard InChI is InChI=1S/C54H43BN2/c1-6-16-38(17-7-1)42-26-30-47(31-27-42)57-51-33-29-44(40-20-10-3-11-21-40)35-49(51)55-48-34-43(39-18-8-2-9-19-39)28-32-50(48)56(46-24-14-5-15-25-46)52-36-45(37-53(57)54(52)55)41-22-12-4-13-23-41/h1-3,5-11,14-21,24-37,41H,4,12-13,22-23H2. The van der Waals surface area contributed by atoms with Crippen molar-refractivity contribution in [1.29, 1.82) is 0 Å². The lowest BCUT2D eigenvalue weighted by atomic mass is 9.33. The Kier molecular flexibility index (Phi) is 8.39. The predicted molar refractivity (Wildman–Crippen MR) is 243 cm³/mol. The minimum absolute atomic E-state index is 0.0348. The molecule has 8 aromatic rings. The van der Waals surface area contributed by atoms with Crippen LogP contribution in [0, 0.1) is 0 Å². The summed E-state index contributed by atoms with van der Waals surface area (Å²) in [5.41, 5.74) is 20.4. The molecule has 8 aromatic carbocycles. The van der Waals surface area contributed by atoms with Gasteiger partial charge < -0.3 is 9.80 Å². The first-order valence-electron chi connectivity index (χ1n) is 20.7. The van der Waals surface area contributed by atoms with Crippen LogP contribution in [0.1, 0.15) is 43.6 Å². The summed E-state index contributed by atoms with van der Waals surface area (Å²) in [5.74, 6) is 0.544. The average Bonchev–Trinajstić information content (AvgIpc) is 3.30. The van der Waals surface area contributed by atoms with Crippen molar-refractivity contribution in [2.75, 3.05) is 9.80 Å². The summed E-state index contributed by atoms with van der Waals surface area (Å²) in [6.07, 6.45) is 6.41. The van der Waals surface area contributed by atoms with Crippen molar-refractivity contribution in [3.05, 3.63) is 200 Å². The van der Waals surface area contributed by atoms with Gasteiger partial charge in [0.25, 0.3) is 6.71 Å². The maximum Gasteiger partial charge on any atom is 0.252 e.